The number of para-hydroxylation sites is 1. The highest BCUT2D eigenvalue weighted by molar-refractivity contribution is 6.39. The molecule has 110 valence electrons. The van der Waals surface area contributed by atoms with Crippen LogP contribution in [0.2, 0.25) is 0 Å². The minimum Gasteiger partial charge on any atom is -0.472 e. The number of aliphatic hydroxyl groups is 1. The zero-order valence-electron chi connectivity index (χ0n) is 10.9. The zero-order valence-corrected chi connectivity index (χ0v) is 10.9. The smallest absolute Gasteiger partial charge is 0.313 e. The molecule has 0 spiro atoms. The molecule has 1 unspecified atom stereocenters. The van der Waals surface area contributed by atoms with Crippen LogP contribution in [0.25, 0.3) is 0 Å². The van der Waals surface area contributed by atoms with E-state index in [1.165, 1.54) is 36.8 Å². The van der Waals surface area contributed by atoms with E-state index in [4.69, 9.17) is 4.42 Å². The van der Waals surface area contributed by atoms with Crippen molar-refractivity contribution in [1.29, 1.82) is 0 Å². The number of carbonyl (C=O) groups is 2. The van der Waals surface area contributed by atoms with Crippen molar-refractivity contribution in [3.63, 3.8) is 0 Å². The number of amides is 2. The van der Waals surface area contributed by atoms with Gasteiger partial charge in [-0.1, -0.05) is 12.1 Å². The molecule has 1 atom stereocenters. The third kappa shape index (κ3) is 3.90. The van der Waals surface area contributed by atoms with Gasteiger partial charge in [-0.05, 0) is 18.2 Å². The van der Waals surface area contributed by atoms with Crippen LogP contribution < -0.4 is 10.6 Å². The molecule has 0 fully saturated rings. The SMILES string of the molecule is O=C(NCC(O)c1ccoc1)C(=O)Nc1ccccc1F. The number of anilines is 1. The Morgan fingerprint density at radius 1 is 1.24 bits per heavy atom. The molecule has 2 rings (SSSR count). The fourth-order valence-electron chi connectivity index (χ4n) is 1.59. The number of aliphatic hydroxyl groups excluding tert-OH is 1. The number of carbonyl (C=O) groups excluding carboxylic acids is 2. The molecule has 1 aromatic carbocycles. The Morgan fingerprint density at radius 2 is 2.00 bits per heavy atom. The van der Waals surface area contributed by atoms with Crippen molar-refractivity contribution in [2.45, 2.75) is 6.10 Å². The quantitative estimate of drug-likeness (QED) is 0.739. The van der Waals surface area contributed by atoms with Crippen LogP contribution in [0.5, 0.6) is 0 Å². The summed E-state index contributed by atoms with van der Waals surface area (Å²) in [4.78, 5) is 23.1. The second-order valence-electron chi connectivity index (χ2n) is 4.22. The van der Waals surface area contributed by atoms with Crippen LogP contribution in [-0.4, -0.2) is 23.5 Å². The minimum absolute atomic E-state index is 0.0898. The van der Waals surface area contributed by atoms with Crippen LogP contribution in [0.15, 0.2) is 47.3 Å². The maximum absolute atomic E-state index is 13.3. The summed E-state index contributed by atoms with van der Waals surface area (Å²) in [6.45, 7) is -0.164. The monoisotopic (exact) mass is 292 g/mol. The molecule has 0 aliphatic rings. The van der Waals surface area contributed by atoms with Gasteiger partial charge in [0.05, 0.1) is 24.3 Å². The average molecular weight is 292 g/mol. The summed E-state index contributed by atoms with van der Waals surface area (Å²) in [6.07, 6.45) is 1.72. The van der Waals surface area contributed by atoms with Gasteiger partial charge in [0.25, 0.3) is 0 Å². The molecule has 0 bridgehead atoms. The van der Waals surface area contributed by atoms with Crippen LogP contribution in [0.3, 0.4) is 0 Å². The lowest BCUT2D eigenvalue weighted by Gasteiger charge is -2.10. The predicted octanol–water partition coefficient (Wildman–Crippen LogP) is 1.21. The van der Waals surface area contributed by atoms with Gasteiger partial charge in [-0.2, -0.15) is 0 Å². The molecule has 1 aromatic heterocycles. The molecule has 2 amide bonds. The van der Waals surface area contributed by atoms with Crippen molar-refractivity contribution < 1.29 is 23.5 Å². The zero-order chi connectivity index (χ0) is 15.2. The fourth-order valence-corrected chi connectivity index (χ4v) is 1.59. The molecule has 0 saturated carbocycles. The lowest BCUT2D eigenvalue weighted by atomic mass is 10.2. The van der Waals surface area contributed by atoms with E-state index in [1.54, 1.807) is 0 Å². The maximum atomic E-state index is 13.3. The van der Waals surface area contributed by atoms with E-state index in [1.807, 2.05) is 0 Å². The van der Waals surface area contributed by atoms with E-state index in [2.05, 4.69) is 10.6 Å². The Hall–Kier alpha value is -2.67. The predicted molar refractivity (Wildman–Crippen MR) is 71.7 cm³/mol. The summed E-state index contributed by atoms with van der Waals surface area (Å²) in [5, 5.41) is 14.1. The van der Waals surface area contributed by atoms with Crippen LogP contribution >= 0.6 is 0 Å². The summed E-state index contributed by atoms with van der Waals surface area (Å²) in [6, 6.07) is 7.03. The molecule has 3 N–H and O–H groups in total. The Bertz CT molecular complexity index is 628. The first-order valence-electron chi connectivity index (χ1n) is 6.12. The van der Waals surface area contributed by atoms with E-state index in [-0.39, 0.29) is 12.2 Å². The summed E-state index contributed by atoms with van der Waals surface area (Å²) in [5.74, 6) is -2.63. The van der Waals surface area contributed by atoms with Crippen molar-refractivity contribution in [1.82, 2.24) is 5.32 Å². The van der Waals surface area contributed by atoms with Gasteiger partial charge in [-0.3, -0.25) is 9.59 Å². The summed E-state index contributed by atoms with van der Waals surface area (Å²) < 4.78 is 18.1. The van der Waals surface area contributed by atoms with Gasteiger partial charge in [-0.15, -0.1) is 0 Å². The van der Waals surface area contributed by atoms with Crippen molar-refractivity contribution in [2.75, 3.05) is 11.9 Å². The second-order valence-corrected chi connectivity index (χ2v) is 4.22. The lowest BCUT2D eigenvalue weighted by molar-refractivity contribution is -0.136. The van der Waals surface area contributed by atoms with Crippen molar-refractivity contribution in [3.05, 3.63) is 54.2 Å². The number of nitrogens with one attached hydrogen (secondary N) is 2. The van der Waals surface area contributed by atoms with Gasteiger partial charge in [0.15, 0.2) is 0 Å². The normalized spacial score (nSPS) is 11.7. The second kappa shape index (κ2) is 6.67. The van der Waals surface area contributed by atoms with Crippen molar-refractivity contribution >= 4 is 17.5 Å². The number of rotatable bonds is 4. The Balaban J connectivity index is 1.86. The summed E-state index contributed by atoms with van der Waals surface area (Å²) in [5.41, 5.74) is 0.387. The molecule has 0 saturated heterocycles. The van der Waals surface area contributed by atoms with E-state index in [0.29, 0.717) is 5.56 Å². The molecule has 0 aliphatic heterocycles. The maximum Gasteiger partial charge on any atom is 0.313 e. The number of furan rings is 1. The van der Waals surface area contributed by atoms with Gasteiger partial charge < -0.3 is 20.2 Å². The number of benzene rings is 1. The van der Waals surface area contributed by atoms with Crippen LogP contribution in [-0.2, 0) is 9.59 Å². The van der Waals surface area contributed by atoms with E-state index in [9.17, 15) is 19.1 Å². The Morgan fingerprint density at radius 3 is 2.67 bits per heavy atom. The van der Waals surface area contributed by atoms with E-state index >= 15 is 0 Å². The van der Waals surface area contributed by atoms with Crippen LogP contribution in [0, 0.1) is 5.82 Å². The van der Waals surface area contributed by atoms with E-state index in [0.717, 1.165) is 6.07 Å². The highest BCUT2D eigenvalue weighted by Gasteiger charge is 2.17. The Labute approximate surface area is 119 Å². The molecule has 2 aromatic rings. The first kappa shape index (κ1) is 14.7. The lowest BCUT2D eigenvalue weighted by Crippen LogP contribution is -2.37. The molecular weight excluding hydrogens is 279 g/mol. The van der Waals surface area contributed by atoms with Gasteiger partial charge in [0.1, 0.15) is 5.82 Å². The first-order chi connectivity index (χ1) is 10.1. The van der Waals surface area contributed by atoms with E-state index < -0.39 is 23.7 Å². The molecule has 6 nitrogen and oxygen atoms in total. The van der Waals surface area contributed by atoms with Gasteiger partial charge >= 0.3 is 11.8 Å². The highest BCUT2D eigenvalue weighted by Crippen LogP contribution is 2.13. The van der Waals surface area contributed by atoms with Gasteiger partial charge in [-0.25, -0.2) is 4.39 Å². The number of hydrogen-bond donors (Lipinski definition) is 3. The number of halogens is 1. The minimum atomic E-state index is -1.01. The standard InChI is InChI=1S/C14H13FN2O4/c15-10-3-1-2-4-11(10)17-14(20)13(19)16-7-12(18)9-5-6-21-8-9/h1-6,8,12,18H,7H2,(H,16,19)(H,17,20). The molecule has 0 aliphatic carbocycles. The van der Waals surface area contributed by atoms with Gasteiger partial charge in [0.2, 0.25) is 0 Å². The third-order valence-corrected chi connectivity index (χ3v) is 2.71. The van der Waals surface area contributed by atoms with Crippen molar-refractivity contribution in [2.24, 2.45) is 0 Å². The number of hydrogen-bond acceptors (Lipinski definition) is 4. The molecular formula is C14H13FN2O4. The Kier molecular flexibility index (Phi) is 4.68. The molecule has 1 heterocycles. The summed E-state index contributed by atoms with van der Waals surface area (Å²) >= 11 is 0. The van der Waals surface area contributed by atoms with Crippen LogP contribution in [0.4, 0.5) is 10.1 Å². The molecule has 7 heteroatoms. The third-order valence-electron chi connectivity index (χ3n) is 2.71. The van der Waals surface area contributed by atoms with Gasteiger partial charge in [0, 0.05) is 12.1 Å². The van der Waals surface area contributed by atoms with Crippen LogP contribution in [0.1, 0.15) is 11.7 Å². The molecule has 21 heavy (non-hydrogen) atoms. The van der Waals surface area contributed by atoms with Crippen molar-refractivity contribution in [3.8, 4) is 0 Å². The largest absolute Gasteiger partial charge is 0.472 e. The highest BCUT2D eigenvalue weighted by atomic mass is 19.1. The topological polar surface area (TPSA) is 91.6 Å². The average Bonchev–Trinajstić information content (AvgIpc) is 3.01. The molecule has 0 radical (unpaired) electrons. The first-order valence-corrected chi connectivity index (χ1v) is 6.12. The summed E-state index contributed by atoms with van der Waals surface area (Å²) in [7, 11) is 0. The fraction of sp³-hybridized carbons (Fsp3) is 0.143.